The van der Waals surface area contributed by atoms with Crippen LogP contribution in [0.1, 0.15) is 10.4 Å². The molecule has 0 heterocycles. The summed E-state index contributed by atoms with van der Waals surface area (Å²) in [5.41, 5.74) is -0.0917. The fourth-order valence-electron chi connectivity index (χ4n) is 1.62. The van der Waals surface area contributed by atoms with Crippen molar-refractivity contribution in [1.82, 2.24) is 0 Å². The Morgan fingerprint density at radius 1 is 1.33 bits per heavy atom. The zero-order valence-corrected chi connectivity index (χ0v) is 11.9. The Balaban J connectivity index is 2.30. The summed E-state index contributed by atoms with van der Waals surface area (Å²) in [6.07, 6.45) is 0. The van der Waals surface area contributed by atoms with E-state index < -0.39 is 22.4 Å². The van der Waals surface area contributed by atoms with Crippen LogP contribution in [0.25, 0.3) is 0 Å². The second-order valence-electron chi connectivity index (χ2n) is 4.02. The highest BCUT2D eigenvalue weighted by Crippen LogP contribution is 2.29. The molecule has 21 heavy (non-hydrogen) atoms. The molecule has 1 amide bonds. The topological polar surface area (TPSA) is 92.5 Å². The maximum Gasteiger partial charge on any atom is 0.284 e. The van der Waals surface area contributed by atoms with Gasteiger partial charge < -0.3 is 10.4 Å². The first-order chi connectivity index (χ1) is 9.90. The molecular weight excluding hydrogens is 347 g/mol. The van der Waals surface area contributed by atoms with E-state index in [0.29, 0.717) is 0 Å². The number of rotatable bonds is 3. The summed E-state index contributed by atoms with van der Waals surface area (Å²) in [6, 6.07) is 7.35. The van der Waals surface area contributed by atoms with Gasteiger partial charge in [-0.15, -0.1) is 0 Å². The molecule has 0 aliphatic carbocycles. The highest BCUT2D eigenvalue weighted by atomic mass is 79.9. The number of halogens is 2. The van der Waals surface area contributed by atoms with Crippen LogP contribution >= 0.6 is 15.9 Å². The van der Waals surface area contributed by atoms with Crippen molar-refractivity contribution in [3.63, 3.8) is 0 Å². The van der Waals surface area contributed by atoms with Crippen LogP contribution in [0.5, 0.6) is 5.75 Å². The molecule has 0 saturated carbocycles. The second kappa shape index (κ2) is 5.88. The van der Waals surface area contributed by atoms with Crippen LogP contribution in [0, 0.1) is 15.9 Å². The fourth-order valence-corrected chi connectivity index (χ4v) is 2.21. The molecule has 0 bridgehead atoms. The molecule has 8 heteroatoms. The molecule has 0 fully saturated rings. The second-order valence-corrected chi connectivity index (χ2v) is 4.81. The van der Waals surface area contributed by atoms with Gasteiger partial charge in [-0.3, -0.25) is 14.9 Å². The molecule has 0 unspecified atom stereocenters. The number of hydrogen-bond acceptors (Lipinski definition) is 4. The Hall–Kier alpha value is -2.48. The molecule has 0 aromatic heterocycles. The predicted octanol–water partition coefficient (Wildman–Crippen LogP) is 3.45. The van der Waals surface area contributed by atoms with Crippen LogP contribution in [0.15, 0.2) is 40.9 Å². The van der Waals surface area contributed by atoms with Crippen LogP contribution in [0.4, 0.5) is 15.8 Å². The molecule has 0 aliphatic heterocycles. The predicted molar refractivity (Wildman–Crippen MR) is 76.8 cm³/mol. The average molecular weight is 355 g/mol. The van der Waals surface area contributed by atoms with Gasteiger partial charge in [-0.25, -0.2) is 4.39 Å². The van der Waals surface area contributed by atoms with Crippen LogP contribution < -0.4 is 5.32 Å². The Morgan fingerprint density at radius 3 is 2.67 bits per heavy atom. The zero-order chi connectivity index (χ0) is 15.6. The van der Waals surface area contributed by atoms with Gasteiger partial charge >= 0.3 is 0 Å². The van der Waals surface area contributed by atoms with Gasteiger partial charge in [-0.2, -0.15) is 0 Å². The number of nitro groups is 1. The number of carbonyl (C=O) groups is 1. The van der Waals surface area contributed by atoms with Crippen molar-refractivity contribution in [3.05, 3.63) is 62.4 Å². The molecule has 0 radical (unpaired) electrons. The zero-order valence-electron chi connectivity index (χ0n) is 10.3. The Kier molecular flexibility index (Phi) is 4.18. The van der Waals surface area contributed by atoms with Crippen molar-refractivity contribution in [2.75, 3.05) is 5.32 Å². The summed E-state index contributed by atoms with van der Waals surface area (Å²) in [7, 11) is 0. The molecule has 2 rings (SSSR count). The molecule has 2 aromatic rings. The lowest BCUT2D eigenvalue weighted by Gasteiger charge is -2.07. The smallest absolute Gasteiger partial charge is 0.284 e. The van der Waals surface area contributed by atoms with Crippen molar-refractivity contribution in [2.45, 2.75) is 0 Å². The number of hydrogen-bond donors (Lipinski definition) is 2. The first-order valence-corrected chi connectivity index (χ1v) is 6.42. The van der Waals surface area contributed by atoms with Crippen molar-refractivity contribution in [2.24, 2.45) is 0 Å². The average Bonchev–Trinajstić information content (AvgIpc) is 2.42. The molecule has 0 spiro atoms. The fraction of sp³-hybridized carbons (Fsp3) is 0. The van der Waals surface area contributed by atoms with Crippen molar-refractivity contribution in [1.29, 1.82) is 0 Å². The summed E-state index contributed by atoms with van der Waals surface area (Å²) >= 11 is 3.01. The number of carbonyl (C=O) groups excluding carboxylic acids is 1. The summed E-state index contributed by atoms with van der Waals surface area (Å²) < 4.78 is 13.2. The van der Waals surface area contributed by atoms with Gasteiger partial charge in [0.15, 0.2) is 11.6 Å². The SMILES string of the molecule is O=C(Nc1ccc(O)c(F)c1)c1cccc([N+](=O)[O-])c1Br. The lowest BCUT2D eigenvalue weighted by molar-refractivity contribution is -0.385. The van der Waals surface area contributed by atoms with Crippen molar-refractivity contribution < 1.29 is 19.2 Å². The lowest BCUT2D eigenvalue weighted by atomic mass is 10.2. The molecule has 6 nitrogen and oxygen atoms in total. The van der Waals surface area contributed by atoms with Crippen LogP contribution in [-0.4, -0.2) is 15.9 Å². The Labute approximate surface area is 126 Å². The van der Waals surface area contributed by atoms with Crippen LogP contribution in [0.3, 0.4) is 0 Å². The number of nitro benzene ring substituents is 1. The van der Waals surface area contributed by atoms with E-state index in [9.17, 15) is 19.3 Å². The number of nitrogens with zero attached hydrogens (tertiary/aromatic N) is 1. The third kappa shape index (κ3) is 3.16. The maximum atomic E-state index is 13.2. The third-order valence-electron chi connectivity index (χ3n) is 2.63. The van der Waals surface area contributed by atoms with E-state index >= 15 is 0 Å². The monoisotopic (exact) mass is 354 g/mol. The molecular formula is C13H8BrFN2O4. The first kappa shape index (κ1) is 14.9. The number of amides is 1. The summed E-state index contributed by atoms with van der Waals surface area (Å²) in [4.78, 5) is 22.2. The van der Waals surface area contributed by atoms with Gasteiger partial charge in [0.25, 0.3) is 11.6 Å². The quantitative estimate of drug-likeness (QED) is 0.501. The molecule has 0 aliphatic rings. The number of phenols is 1. The summed E-state index contributed by atoms with van der Waals surface area (Å²) in [5, 5.41) is 22.3. The van der Waals surface area contributed by atoms with Gasteiger partial charge in [0.2, 0.25) is 0 Å². The Morgan fingerprint density at radius 2 is 2.05 bits per heavy atom. The van der Waals surface area contributed by atoms with Gasteiger partial charge in [0.1, 0.15) is 4.47 Å². The number of nitrogens with one attached hydrogen (secondary N) is 1. The van der Waals surface area contributed by atoms with Gasteiger partial charge in [-0.1, -0.05) is 6.07 Å². The van der Waals surface area contributed by atoms with Gasteiger partial charge in [-0.05, 0) is 34.1 Å². The molecule has 2 N–H and O–H groups in total. The standard InChI is InChI=1S/C13H8BrFN2O4/c14-12-8(2-1-3-10(12)17(20)21)13(19)16-7-4-5-11(18)9(15)6-7/h1-6,18H,(H,16,19). The first-order valence-electron chi connectivity index (χ1n) is 5.63. The molecule has 0 atom stereocenters. The van der Waals surface area contributed by atoms with E-state index in [1.54, 1.807) is 0 Å². The minimum absolute atomic E-state index is 0.0340. The van der Waals surface area contributed by atoms with Crippen LogP contribution in [0.2, 0.25) is 0 Å². The number of benzene rings is 2. The maximum absolute atomic E-state index is 13.2. The van der Waals surface area contributed by atoms with E-state index in [2.05, 4.69) is 21.2 Å². The normalized spacial score (nSPS) is 10.2. The minimum atomic E-state index is -0.883. The number of anilines is 1. The third-order valence-corrected chi connectivity index (χ3v) is 3.46. The van der Waals surface area contributed by atoms with Gasteiger partial charge in [0, 0.05) is 17.8 Å². The lowest BCUT2D eigenvalue weighted by Crippen LogP contribution is -2.13. The molecule has 108 valence electrons. The van der Waals surface area contributed by atoms with E-state index in [-0.39, 0.29) is 21.4 Å². The summed E-state index contributed by atoms with van der Waals surface area (Å²) in [6.45, 7) is 0. The number of aromatic hydroxyl groups is 1. The highest BCUT2D eigenvalue weighted by molar-refractivity contribution is 9.10. The van der Waals surface area contributed by atoms with E-state index in [1.165, 1.54) is 24.3 Å². The largest absolute Gasteiger partial charge is 0.505 e. The number of phenolic OH excluding ortho intramolecular Hbond substituents is 1. The van der Waals surface area contributed by atoms with Crippen molar-refractivity contribution in [3.8, 4) is 5.75 Å². The van der Waals surface area contributed by atoms with Gasteiger partial charge in [0.05, 0.1) is 10.5 Å². The van der Waals surface area contributed by atoms with Crippen LogP contribution in [-0.2, 0) is 0 Å². The van der Waals surface area contributed by atoms with E-state index in [1.807, 2.05) is 0 Å². The highest BCUT2D eigenvalue weighted by Gasteiger charge is 2.19. The van der Waals surface area contributed by atoms with E-state index in [4.69, 9.17) is 5.11 Å². The Bertz CT molecular complexity index is 736. The van der Waals surface area contributed by atoms with Crippen molar-refractivity contribution >= 4 is 33.2 Å². The molecule has 2 aromatic carbocycles. The molecule has 0 saturated heterocycles. The summed E-state index contributed by atoms with van der Waals surface area (Å²) in [5.74, 6) is -2.06. The minimum Gasteiger partial charge on any atom is -0.505 e. The van der Waals surface area contributed by atoms with E-state index in [0.717, 1.165) is 12.1 Å².